The first kappa shape index (κ1) is 18.2. The molecule has 0 fully saturated rings. The van der Waals surface area contributed by atoms with Crippen LogP contribution in [0.1, 0.15) is 36.5 Å². The third-order valence-electron chi connectivity index (χ3n) is 5.13. The Bertz CT molecular complexity index is 1140. The average molecular weight is 374 g/mol. The summed E-state index contributed by atoms with van der Waals surface area (Å²) in [6.45, 7) is 2.98. The number of carbonyl (C=O) groups excluding carboxylic acids is 1. The lowest BCUT2D eigenvalue weighted by molar-refractivity contribution is 0.102. The fourth-order valence-corrected chi connectivity index (χ4v) is 3.69. The van der Waals surface area contributed by atoms with Gasteiger partial charge in [0.05, 0.1) is 5.56 Å². The average Bonchev–Trinajstić information content (AvgIpc) is 3.06. The van der Waals surface area contributed by atoms with E-state index in [0.717, 1.165) is 47.8 Å². The SMILES string of the molecule is CCCCCn1cc(C(=O)Nc2cccc3ccccc23)c2cc(F)ccc21. The summed E-state index contributed by atoms with van der Waals surface area (Å²) in [4.78, 5) is 13.1. The van der Waals surface area contributed by atoms with Gasteiger partial charge in [0.2, 0.25) is 0 Å². The summed E-state index contributed by atoms with van der Waals surface area (Å²) in [6, 6.07) is 18.4. The Hall–Kier alpha value is -3.14. The molecule has 0 spiro atoms. The number of halogens is 1. The van der Waals surface area contributed by atoms with Gasteiger partial charge in [-0.15, -0.1) is 0 Å². The Morgan fingerprint density at radius 3 is 2.68 bits per heavy atom. The summed E-state index contributed by atoms with van der Waals surface area (Å²) >= 11 is 0. The molecular formula is C24H23FN2O. The lowest BCUT2D eigenvalue weighted by Gasteiger charge is -2.08. The topological polar surface area (TPSA) is 34.0 Å². The van der Waals surface area contributed by atoms with Crippen LogP contribution in [0.15, 0.2) is 66.9 Å². The van der Waals surface area contributed by atoms with Crippen LogP contribution in [0.2, 0.25) is 0 Å². The number of aromatic nitrogens is 1. The Morgan fingerprint density at radius 1 is 1.00 bits per heavy atom. The van der Waals surface area contributed by atoms with Gasteiger partial charge < -0.3 is 9.88 Å². The first-order valence-electron chi connectivity index (χ1n) is 9.75. The number of unbranched alkanes of at least 4 members (excludes halogenated alkanes) is 2. The Labute approximate surface area is 163 Å². The van der Waals surface area contributed by atoms with E-state index in [4.69, 9.17) is 0 Å². The molecule has 1 heterocycles. The van der Waals surface area contributed by atoms with Crippen molar-refractivity contribution in [1.82, 2.24) is 4.57 Å². The van der Waals surface area contributed by atoms with Gasteiger partial charge in [-0.05, 0) is 36.1 Å². The van der Waals surface area contributed by atoms with Gasteiger partial charge in [0.25, 0.3) is 5.91 Å². The number of amides is 1. The van der Waals surface area contributed by atoms with Crippen LogP contribution < -0.4 is 5.32 Å². The molecule has 0 radical (unpaired) electrons. The number of hydrogen-bond donors (Lipinski definition) is 1. The number of nitrogens with one attached hydrogen (secondary N) is 1. The van der Waals surface area contributed by atoms with Gasteiger partial charge in [-0.3, -0.25) is 4.79 Å². The molecule has 0 saturated heterocycles. The van der Waals surface area contributed by atoms with Crippen LogP contribution in [0, 0.1) is 5.82 Å². The molecule has 3 nitrogen and oxygen atoms in total. The van der Waals surface area contributed by atoms with Gasteiger partial charge in [0, 0.05) is 34.7 Å². The molecule has 3 aromatic carbocycles. The Kier molecular flexibility index (Phi) is 5.11. The summed E-state index contributed by atoms with van der Waals surface area (Å²) in [5, 5.41) is 5.71. The highest BCUT2D eigenvalue weighted by Crippen LogP contribution is 2.27. The van der Waals surface area contributed by atoms with E-state index in [0.29, 0.717) is 10.9 Å². The van der Waals surface area contributed by atoms with Crippen molar-refractivity contribution in [2.75, 3.05) is 5.32 Å². The van der Waals surface area contributed by atoms with Gasteiger partial charge in [-0.25, -0.2) is 4.39 Å². The molecule has 0 aliphatic carbocycles. The molecule has 1 aromatic heterocycles. The number of fused-ring (bicyclic) bond motifs is 2. The minimum Gasteiger partial charge on any atom is -0.347 e. The van der Waals surface area contributed by atoms with Crippen molar-refractivity contribution in [2.24, 2.45) is 0 Å². The molecule has 0 atom stereocenters. The predicted molar refractivity (Wildman–Crippen MR) is 113 cm³/mol. The van der Waals surface area contributed by atoms with E-state index in [1.807, 2.05) is 48.7 Å². The maximum atomic E-state index is 13.9. The van der Waals surface area contributed by atoms with Crippen molar-refractivity contribution in [3.05, 3.63) is 78.2 Å². The molecule has 0 aliphatic rings. The maximum Gasteiger partial charge on any atom is 0.257 e. The molecule has 4 heteroatoms. The molecule has 0 saturated carbocycles. The number of hydrogen-bond acceptors (Lipinski definition) is 1. The van der Waals surface area contributed by atoms with Crippen LogP contribution in [0.5, 0.6) is 0 Å². The molecule has 28 heavy (non-hydrogen) atoms. The highest BCUT2D eigenvalue weighted by molar-refractivity contribution is 6.15. The molecule has 1 N–H and O–H groups in total. The molecule has 4 rings (SSSR count). The highest BCUT2D eigenvalue weighted by Gasteiger charge is 2.16. The first-order valence-corrected chi connectivity index (χ1v) is 9.75. The van der Waals surface area contributed by atoms with E-state index in [2.05, 4.69) is 16.8 Å². The van der Waals surface area contributed by atoms with Crippen molar-refractivity contribution in [1.29, 1.82) is 0 Å². The summed E-state index contributed by atoms with van der Waals surface area (Å²) < 4.78 is 15.9. The number of nitrogens with zero attached hydrogens (tertiary/aromatic N) is 1. The van der Waals surface area contributed by atoms with Crippen LogP contribution in [0.25, 0.3) is 21.7 Å². The number of rotatable bonds is 6. The number of benzene rings is 3. The van der Waals surface area contributed by atoms with E-state index >= 15 is 0 Å². The van der Waals surface area contributed by atoms with E-state index in [9.17, 15) is 9.18 Å². The Balaban J connectivity index is 1.71. The van der Waals surface area contributed by atoms with Crippen LogP contribution in [-0.2, 0) is 6.54 Å². The zero-order valence-electron chi connectivity index (χ0n) is 15.9. The zero-order chi connectivity index (χ0) is 19.5. The second-order valence-electron chi connectivity index (χ2n) is 7.09. The molecule has 142 valence electrons. The van der Waals surface area contributed by atoms with Crippen LogP contribution >= 0.6 is 0 Å². The van der Waals surface area contributed by atoms with Gasteiger partial charge in [-0.1, -0.05) is 56.2 Å². The lowest BCUT2D eigenvalue weighted by Crippen LogP contribution is -2.12. The highest BCUT2D eigenvalue weighted by atomic mass is 19.1. The lowest BCUT2D eigenvalue weighted by atomic mass is 10.1. The smallest absolute Gasteiger partial charge is 0.257 e. The summed E-state index contributed by atoms with van der Waals surface area (Å²) in [6.07, 6.45) is 5.13. The summed E-state index contributed by atoms with van der Waals surface area (Å²) in [5.74, 6) is -0.556. The second kappa shape index (κ2) is 7.85. The third kappa shape index (κ3) is 3.50. The van der Waals surface area contributed by atoms with E-state index in [-0.39, 0.29) is 11.7 Å². The minimum atomic E-state index is -0.335. The monoisotopic (exact) mass is 374 g/mol. The third-order valence-corrected chi connectivity index (χ3v) is 5.13. The number of anilines is 1. The Morgan fingerprint density at radius 2 is 1.82 bits per heavy atom. The standard InChI is InChI=1S/C24H23FN2O/c1-2-3-6-14-27-16-21(20-15-18(25)12-13-23(20)27)24(28)26-22-11-7-9-17-8-4-5-10-19(17)22/h4-5,7-13,15-16H,2-3,6,14H2,1H3,(H,26,28). The summed E-state index contributed by atoms with van der Waals surface area (Å²) in [5.41, 5.74) is 2.14. The fraction of sp³-hybridized carbons (Fsp3) is 0.208. The van der Waals surface area contributed by atoms with Crippen molar-refractivity contribution in [2.45, 2.75) is 32.7 Å². The van der Waals surface area contributed by atoms with Crippen molar-refractivity contribution < 1.29 is 9.18 Å². The van der Waals surface area contributed by atoms with Crippen LogP contribution in [-0.4, -0.2) is 10.5 Å². The van der Waals surface area contributed by atoms with E-state index < -0.39 is 0 Å². The fourth-order valence-electron chi connectivity index (χ4n) is 3.69. The molecule has 4 aromatic rings. The van der Waals surface area contributed by atoms with Crippen LogP contribution in [0.3, 0.4) is 0 Å². The molecule has 1 amide bonds. The van der Waals surface area contributed by atoms with Crippen LogP contribution in [0.4, 0.5) is 10.1 Å². The predicted octanol–water partition coefficient (Wildman–Crippen LogP) is 6.38. The first-order chi connectivity index (χ1) is 13.7. The van der Waals surface area contributed by atoms with Crippen molar-refractivity contribution in [3.8, 4) is 0 Å². The van der Waals surface area contributed by atoms with Crippen molar-refractivity contribution in [3.63, 3.8) is 0 Å². The number of aryl methyl sites for hydroxylation is 1. The minimum absolute atomic E-state index is 0.221. The normalized spacial score (nSPS) is 11.2. The molecular weight excluding hydrogens is 351 g/mol. The molecule has 0 aliphatic heterocycles. The van der Waals surface area contributed by atoms with Gasteiger partial charge in [0.15, 0.2) is 0 Å². The number of carbonyl (C=O) groups is 1. The maximum absolute atomic E-state index is 13.9. The second-order valence-corrected chi connectivity index (χ2v) is 7.09. The van der Waals surface area contributed by atoms with E-state index in [1.54, 1.807) is 6.07 Å². The van der Waals surface area contributed by atoms with Gasteiger partial charge in [0.1, 0.15) is 5.82 Å². The molecule has 0 bridgehead atoms. The van der Waals surface area contributed by atoms with E-state index in [1.165, 1.54) is 12.1 Å². The summed E-state index contributed by atoms with van der Waals surface area (Å²) in [7, 11) is 0. The van der Waals surface area contributed by atoms with Crippen molar-refractivity contribution >= 4 is 33.3 Å². The quantitative estimate of drug-likeness (QED) is 0.391. The van der Waals surface area contributed by atoms with Gasteiger partial charge >= 0.3 is 0 Å². The zero-order valence-corrected chi connectivity index (χ0v) is 15.9. The largest absolute Gasteiger partial charge is 0.347 e. The van der Waals surface area contributed by atoms with Gasteiger partial charge in [-0.2, -0.15) is 0 Å². The molecule has 0 unspecified atom stereocenters.